The van der Waals surface area contributed by atoms with Gasteiger partial charge in [-0.2, -0.15) is 0 Å². The molecule has 3 rings (SSSR count). The van der Waals surface area contributed by atoms with Crippen LogP contribution in [-0.2, 0) is 0 Å². The van der Waals surface area contributed by atoms with Crippen molar-refractivity contribution in [3.63, 3.8) is 0 Å². The minimum atomic E-state index is -0.292. The van der Waals surface area contributed by atoms with Crippen LogP contribution in [0.3, 0.4) is 0 Å². The molecule has 1 unspecified atom stereocenters. The van der Waals surface area contributed by atoms with Crippen LogP contribution in [0.25, 0.3) is 0 Å². The Labute approximate surface area is 152 Å². The number of ether oxygens (including phenoxy) is 2. The molecule has 2 amide bonds. The summed E-state index contributed by atoms with van der Waals surface area (Å²) in [4.78, 5) is 24.8. The molecule has 26 heavy (non-hydrogen) atoms. The Balaban J connectivity index is 1.72. The van der Waals surface area contributed by atoms with Crippen LogP contribution >= 0.6 is 0 Å². The lowest BCUT2D eigenvalue weighted by atomic mass is 10.1. The molecular weight excluding hydrogens is 332 g/mol. The predicted octanol–water partition coefficient (Wildman–Crippen LogP) is 3.24. The second kappa shape index (κ2) is 7.91. The van der Waals surface area contributed by atoms with Crippen LogP contribution in [0.5, 0.6) is 11.5 Å². The Morgan fingerprint density at radius 3 is 2.42 bits per heavy atom. The monoisotopic (exact) mass is 354 g/mol. The molecule has 136 valence electrons. The van der Waals surface area contributed by atoms with Crippen molar-refractivity contribution in [1.82, 2.24) is 5.32 Å². The highest BCUT2D eigenvalue weighted by Crippen LogP contribution is 2.32. The van der Waals surface area contributed by atoms with Crippen molar-refractivity contribution in [2.45, 2.75) is 26.3 Å². The Kier molecular flexibility index (Phi) is 5.41. The summed E-state index contributed by atoms with van der Waals surface area (Å²) in [5.74, 6) is 0.793. The highest BCUT2D eigenvalue weighted by Gasteiger charge is 2.15. The van der Waals surface area contributed by atoms with Crippen molar-refractivity contribution in [1.29, 1.82) is 0 Å². The number of carbonyl (C=O) groups is 2. The van der Waals surface area contributed by atoms with Gasteiger partial charge >= 0.3 is 0 Å². The molecule has 0 spiro atoms. The van der Waals surface area contributed by atoms with Crippen molar-refractivity contribution in [3.05, 3.63) is 53.6 Å². The molecule has 0 bridgehead atoms. The molecule has 1 heterocycles. The SMILES string of the molecule is CCC(C)NC(=O)c1cccc(C(=O)Nc2ccc3c(c2)OCCO3)c1. The van der Waals surface area contributed by atoms with Crippen LogP contribution in [0.15, 0.2) is 42.5 Å². The summed E-state index contributed by atoms with van der Waals surface area (Å²) in [5, 5.41) is 5.72. The number of rotatable bonds is 5. The number of anilines is 1. The van der Waals surface area contributed by atoms with Gasteiger partial charge in [-0.1, -0.05) is 13.0 Å². The topological polar surface area (TPSA) is 76.7 Å². The van der Waals surface area contributed by atoms with Crippen molar-refractivity contribution < 1.29 is 19.1 Å². The van der Waals surface area contributed by atoms with E-state index in [1.165, 1.54) is 0 Å². The van der Waals surface area contributed by atoms with Crippen LogP contribution in [0, 0.1) is 0 Å². The van der Waals surface area contributed by atoms with Crippen molar-refractivity contribution in [2.75, 3.05) is 18.5 Å². The fourth-order valence-corrected chi connectivity index (χ4v) is 2.54. The van der Waals surface area contributed by atoms with Gasteiger partial charge in [-0.05, 0) is 43.7 Å². The third-order valence-electron chi connectivity index (χ3n) is 4.18. The molecule has 2 N–H and O–H groups in total. The van der Waals surface area contributed by atoms with Crippen LogP contribution in [0.2, 0.25) is 0 Å². The summed E-state index contributed by atoms with van der Waals surface area (Å²) >= 11 is 0. The van der Waals surface area contributed by atoms with Crippen LogP contribution in [0.4, 0.5) is 5.69 Å². The number of hydrogen-bond acceptors (Lipinski definition) is 4. The zero-order chi connectivity index (χ0) is 18.5. The molecule has 1 atom stereocenters. The Morgan fingerprint density at radius 2 is 1.69 bits per heavy atom. The molecule has 6 heteroatoms. The predicted molar refractivity (Wildman–Crippen MR) is 99.0 cm³/mol. The second-order valence-electron chi connectivity index (χ2n) is 6.18. The molecule has 0 radical (unpaired) electrons. The molecule has 2 aromatic rings. The quantitative estimate of drug-likeness (QED) is 0.864. The third kappa shape index (κ3) is 4.14. The number of benzene rings is 2. The number of hydrogen-bond donors (Lipinski definition) is 2. The summed E-state index contributed by atoms with van der Waals surface area (Å²) in [6.07, 6.45) is 0.843. The van der Waals surface area contributed by atoms with Gasteiger partial charge in [0, 0.05) is 28.9 Å². The van der Waals surface area contributed by atoms with Crippen molar-refractivity contribution in [3.8, 4) is 11.5 Å². The van der Waals surface area contributed by atoms with E-state index in [1.807, 2.05) is 13.8 Å². The second-order valence-corrected chi connectivity index (χ2v) is 6.18. The van der Waals surface area contributed by atoms with Gasteiger partial charge in [0.1, 0.15) is 13.2 Å². The van der Waals surface area contributed by atoms with E-state index < -0.39 is 0 Å². The number of amides is 2. The lowest BCUT2D eigenvalue weighted by molar-refractivity contribution is 0.0939. The molecule has 1 aliphatic rings. The van der Waals surface area contributed by atoms with Crippen LogP contribution < -0.4 is 20.1 Å². The summed E-state index contributed by atoms with van der Waals surface area (Å²) in [5.41, 5.74) is 1.48. The highest BCUT2D eigenvalue weighted by atomic mass is 16.6. The molecule has 0 aromatic heterocycles. The molecule has 6 nitrogen and oxygen atoms in total. The first-order chi connectivity index (χ1) is 12.6. The van der Waals surface area contributed by atoms with Gasteiger partial charge in [-0.15, -0.1) is 0 Å². The largest absolute Gasteiger partial charge is 0.486 e. The number of carbonyl (C=O) groups excluding carboxylic acids is 2. The maximum Gasteiger partial charge on any atom is 0.255 e. The van der Waals surface area contributed by atoms with E-state index in [9.17, 15) is 9.59 Å². The van der Waals surface area contributed by atoms with E-state index in [0.717, 1.165) is 6.42 Å². The number of fused-ring (bicyclic) bond motifs is 1. The van der Waals surface area contributed by atoms with Gasteiger partial charge in [0.25, 0.3) is 11.8 Å². The van der Waals surface area contributed by atoms with E-state index >= 15 is 0 Å². The zero-order valence-electron chi connectivity index (χ0n) is 14.9. The summed E-state index contributed by atoms with van der Waals surface area (Å²) in [6.45, 7) is 4.94. The normalized spacial score (nSPS) is 13.6. The number of nitrogens with one attached hydrogen (secondary N) is 2. The van der Waals surface area contributed by atoms with Crippen LogP contribution in [-0.4, -0.2) is 31.1 Å². The fourth-order valence-electron chi connectivity index (χ4n) is 2.54. The molecule has 2 aromatic carbocycles. The molecule has 0 fully saturated rings. The first-order valence-corrected chi connectivity index (χ1v) is 8.68. The minimum Gasteiger partial charge on any atom is -0.486 e. The standard InChI is InChI=1S/C20H22N2O4/c1-3-13(2)21-19(23)14-5-4-6-15(11-14)20(24)22-16-7-8-17-18(12-16)26-10-9-25-17/h4-8,11-13H,3,9-10H2,1-2H3,(H,21,23)(H,22,24). The lowest BCUT2D eigenvalue weighted by Gasteiger charge is -2.19. The van der Waals surface area contributed by atoms with Gasteiger partial charge in [0.15, 0.2) is 11.5 Å². The Morgan fingerprint density at radius 1 is 1.00 bits per heavy atom. The van der Waals surface area contributed by atoms with E-state index in [1.54, 1.807) is 42.5 Å². The van der Waals surface area contributed by atoms with E-state index in [0.29, 0.717) is 41.5 Å². The van der Waals surface area contributed by atoms with Crippen molar-refractivity contribution in [2.24, 2.45) is 0 Å². The summed E-state index contributed by atoms with van der Waals surface area (Å²) < 4.78 is 11.0. The summed E-state index contributed by atoms with van der Waals surface area (Å²) in [7, 11) is 0. The van der Waals surface area contributed by atoms with Gasteiger partial charge in [-0.25, -0.2) is 0 Å². The third-order valence-corrected chi connectivity index (χ3v) is 4.18. The molecule has 0 saturated heterocycles. The average Bonchev–Trinajstić information content (AvgIpc) is 2.67. The van der Waals surface area contributed by atoms with Gasteiger partial charge in [-0.3, -0.25) is 9.59 Å². The zero-order valence-corrected chi connectivity index (χ0v) is 14.9. The van der Waals surface area contributed by atoms with E-state index in [4.69, 9.17) is 9.47 Å². The van der Waals surface area contributed by atoms with Gasteiger partial charge in [0.05, 0.1) is 0 Å². The molecular formula is C20H22N2O4. The van der Waals surface area contributed by atoms with Gasteiger partial charge in [0.2, 0.25) is 0 Å². The van der Waals surface area contributed by atoms with E-state index in [2.05, 4.69) is 10.6 Å². The van der Waals surface area contributed by atoms with Crippen LogP contribution in [0.1, 0.15) is 41.0 Å². The first kappa shape index (κ1) is 17.8. The smallest absolute Gasteiger partial charge is 0.255 e. The maximum absolute atomic E-state index is 12.5. The average molecular weight is 354 g/mol. The minimum absolute atomic E-state index is 0.0812. The Hall–Kier alpha value is -3.02. The molecule has 0 aliphatic carbocycles. The molecule has 0 saturated carbocycles. The molecule has 1 aliphatic heterocycles. The first-order valence-electron chi connectivity index (χ1n) is 8.68. The lowest BCUT2D eigenvalue weighted by Crippen LogP contribution is -2.32. The maximum atomic E-state index is 12.5. The highest BCUT2D eigenvalue weighted by molar-refractivity contribution is 6.06. The van der Waals surface area contributed by atoms with Crippen molar-refractivity contribution >= 4 is 17.5 Å². The summed E-state index contributed by atoms with van der Waals surface area (Å²) in [6, 6.07) is 12.0. The Bertz CT molecular complexity index is 819. The van der Waals surface area contributed by atoms with Gasteiger partial charge < -0.3 is 20.1 Å². The van der Waals surface area contributed by atoms with E-state index in [-0.39, 0.29) is 17.9 Å². The fraction of sp³-hybridized carbons (Fsp3) is 0.300.